The molecule has 0 aromatic heterocycles. The fourth-order valence-corrected chi connectivity index (χ4v) is 3.81. The Bertz CT molecular complexity index is 986. The number of hydrogen-bond acceptors (Lipinski definition) is 9. The number of aliphatic hydroxyl groups excluding tert-OH is 4. The highest BCUT2D eigenvalue weighted by molar-refractivity contribution is 6.23. The molecule has 1 saturated heterocycles. The Hall–Kier alpha value is -2.89. The summed E-state index contributed by atoms with van der Waals surface area (Å²) in [4.78, 5) is 39.2. The molecule has 0 bridgehead atoms. The molecular formula is C22H25NO9. The maximum Gasteiger partial charge on any atom is 0.278 e. The Balaban J connectivity index is 1.98. The van der Waals surface area contributed by atoms with Gasteiger partial charge in [-0.25, -0.2) is 0 Å². The average molecular weight is 447 g/mol. The third kappa shape index (κ3) is 3.46. The lowest BCUT2D eigenvalue weighted by atomic mass is 9.85. The minimum Gasteiger partial charge on any atom is -0.467 e. The second-order valence-electron chi connectivity index (χ2n) is 7.71. The standard InChI is InChI=1S/C22H25NO9/c1-11(24)9-10-14(25)15(26)16-12(2)17(27)21(32-16)19(29)22(31-3,23-20(21)30)18(28)13-7-5-4-6-8-13/h4-11,14-15,19,24-26,29H,1-3H3,(H,23,30)/b10-9+/t11?,14-,15-,19?,21?,22?/m0/s1. The van der Waals surface area contributed by atoms with Crippen LogP contribution in [0.2, 0.25) is 0 Å². The summed E-state index contributed by atoms with van der Waals surface area (Å²) in [5.41, 5.74) is -5.01. The van der Waals surface area contributed by atoms with Crippen LogP contribution in [0.3, 0.4) is 0 Å². The van der Waals surface area contributed by atoms with Gasteiger partial charge in [-0.15, -0.1) is 0 Å². The van der Waals surface area contributed by atoms with Crippen molar-refractivity contribution < 1.29 is 44.3 Å². The third-order valence-electron chi connectivity index (χ3n) is 5.60. The number of hydrogen-bond donors (Lipinski definition) is 5. The van der Waals surface area contributed by atoms with Gasteiger partial charge >= 0.3 is 0 Å². The molecule has 10 heteroatoms. The predicted molar refractivity (Wildman–Crippen MR) is 109 cm³/mol. The fourth-order valence-electron chi connectivity index (χ4n) is 3.81. The summed E-state index contributed by atoms with van der Waals surface area (Å²) in [5, 5.41) is 43.3. The Morgan fingerprint density at radius 1 is 1.19 bits per heavy atom. The Morgan fingerprint density at radius 3 is 2.38 bits per heavy atom. The summed E-state index contributed by atoms with van der Waals surface area (Å²) in [5.74, 6) is -3.35. The summed E-state index contributed by atoms with van der Waals surface area (Å²) in [6, 6.07) is 7.73. The molecule has 1 aromatic rings. The molecule has 6 atom stereocenters. The van der Waals surface area contributed by atoms with E-state index in [9.17, 15) is 34.8 Å². The number of ketones is 2. The van der Waals surface area contributed by atoms with Crippen molar-refractivity contribution in [3.63, 3.8) is 0 Å². The maximum atomic E-state index is 13.2. The maximum absolute atomic E-state index is 13.2. The van der Waals surface area contributed by atoms with Crippen LogP contribution in [0.4, 0.5) is 0 Å². The van der Waals surface area contributed by atoms with Crippen LogP contribution < -0.4 is 5.32 Å². The van der Waals surface area contributed by atoms with E-state index in [1.165, 1.54) is 32.1 Å². The SMILES string of the molecule is COC1(C(=O)c2ccccc2)NC(=O)C2(OC([C@@H](O)[C@@H](O)/C=C/C(C)O)=C(C)C2=O)C1O. The fraction of sp³-hybridized carbons (Fsp3) is 0.409. The second kappa shape index (κ2) is 8.57. The number of rotatable bonds is 7. The number of nitrogens with one attached hydrogen (secondary N) is 1. The van der Waals surface area contributed by atoms with Crippen LogP contribution in [0, 0.1) is 0 Å². The van der Waals surface area contributed by atoms with Crippen molar-refractivity contribution in [2.45, 2.75) is 49.6 Å². The molecule has 10 nitrogen and oxygen atoms in total. The highest BCUT2D eigenvalue weighted by Gasteiger charge is 2.74. The zero-order chi connectivity index (χ0) is 23.8. The van der Waals surface area contributed by atoms with Gasteiger partial charge < -0.3 is 35.2 Å². The molecule has 1 amide bonds. The Kier molecular flexibility index (Phi) is 6.36. The van der Waals surface area contributed by atoms with Gasteiger partial charge in [0.2, 0.25) is 17.3 Å². The van der Waals surface area contributed by atoms with E-state index in [0.717, 1.165) is 13.2 Å². The van der Waals surface area contributed by atoms with E-state index in [-0.39, 0.29) is 11.1 Å². The molecule has 1 spiro atoms. The first-order valence-corrected chi connectivity index (χ1v) is 9.85. The number of aliphatic hydroxyl groups is 4. The second-order valence-corrected chi connectivity index (χ2v) is 7.71. The molecule has 2 aliphatic heterocycles. The average Bonchev–Trinajstić information content (AvgIpc) is 3.18. The van der Waals surface area contributed by atoms with E-state index < -0.39 is 59.0 Å². The topological polar surface area (TPSA) is 163 Å². The van der Waals surface area contributed by atoms with Crippen molar-refractivity contribution in [1.82, 2.24) is 5.32 Å². The van der Waals surface area contributed by atoms with Crippen LogP contribution in [-0.4, -0.2) is 80.8 Å². The zero-order valence-corrected chi connectivity index (χ0v) is 17.7. The van der Waals surface area contributed by atoms with Gasteiger partial charge in [0.15, 0.2) is 6.10 Å². The number of Topliss-reactive ketones (excluding diaryl/α,β-unsaturated/α-hetero) is 2. The molecule has 32 heavy (non-hydrogen) atoms. The summed E-state index contributed by atoms with van der Waals surface area (Å²) in [7, 11) is 1.09. The summed E-state index contributed by atoms with van der Waals surface area (Å²) >= 11 is 0. The summed E-state index contributed by atoms with van der Waals surface area (Å²) in [6.45, 7) is 2.69. The largest absolute Gasteiger partial charge is 0.467 e. The van der Waals surface area contributed by atoms with Crippen molar-refractivity contribution >= 4 is 17.5 Å². The van der Waals surface area contributed by atoms with Gasteiger partial charge in [-0.3, -0.25) is 14.4 Å². The monoisotopic (exact) mass is 447 g/mol. The van der Waals surface area contributed by atoms with Crippen LogP contribution in [0.25, 0.3) is 0 Å². The molecular weight excluding hydrogens is 422 g/mol. The normalized spacial score (nSPS) is 30.5. The Labute approximate surface area is 183 Å². The quantitative estimate of drug-likeness (QED) is 0.200. The molecule has 0 saturated carbocycles. The van der Waals surface area contributed by atoms with Crippen LogP contribution in [-0.2, 0) is 19.1 Å². The Morgan fingerprint density at radius 2 is 1.81 bits per heavy atom. The summed E-state index contributed by atoms with van der Waals surface area (Å²) in [6.07, 6.45) is -4.08. The van der Waals surface area contributed by atoms with E-state index in [2.05, 4.69) is 5.32 Å². The van der Waals surface area contributed by atoms with E-state index in [4.69, 9.17) is 9.47 Å². The number of ether oxygens (including phenoxy) is 2. The van der Waals surface area contributed by atoms with Crippen molar-refractivity contribution in [1.29, 1.82) is 0 Å². The number of carbonyl (C=O) groups excluding carboxylic acids is 3. The first kappa shape index (κ1) is 23.8. The van der Waals surface area contributed by atoms with Gasteiger partial charge in [-0.05, 0) is 13.8 Å². The molecule has 3 rings (SSSR count). The predicted octanol–water partition coefficient (Wildman–Crippen LogP) is -1.03. The first-order valence-electron chi connectivity index (χ1n) is 9.85. The molecule has 1 fully saturated rings. The van der Waals surface area contributed by atoms with E-state index in [1.807, 2.05) is 0 Å². The van der Waals surface area contributed by atoms with E-state index >= 15 is 0 Å². The number of carbonyl (C=O) groups is 3. The minimum absolute atomic E-state index is 0.111. The van der Waals surface area contributed by atoms with Crippen LogP contribution >= 0.6 is 0 Å². The lowest BCUT2D eigenvalue weighted by Gasteiger charge is -2.32. The van der Waals surface area contributed by atoms with Crippen LogP contribution in [0.15, 0.2) is 53.8 Å². The molecule has 2 heterocycles. The van der Waals surface area contributed by atoms with Gasteiger partial charge in [-0.1, -0.05) is 42.5 Å². The minimum atomic E-state index is -2.59. The first-order chi connectivity index (χ1) is 15.0. The molecule has 2 aliphatic rings. The smallest absolute Gasteiger partial charge is 0.278 e. The number of benzene rings is 1. The van der Waals surface area contributed by atoms with Gasteiger partial charge in [0.05, 0.1) is 6.10 Å². The van der Waals surface area contributed by atoms with Gasteiger partial charge in [0, 0.05) is 18.2 Å². The van der Waals surface area contributed by atoms with Crippen LogP contribution in [0.5, 0.6) is 0 Å². The molecule has 4 unspecified atom stereocenters. The van der Waals surface area contributed by atoms with Gasteiger partial charge in [0.25, 0.3) is 11.5 Å². The van der Waals surface area contributed by atoms with Crippen LogP contribution in [0.1, 0.15) is 24.2 Å². The van der Waals surface area contributed by atoms with Gasteiger partial charge in [-0.2, -0.15) is 0 Å². The molecule has 1 aromatic carbocycles. The third-order valence-corrected chi connectivity index (χ3v) is 5.60. The van der Waals surface area contributed by atoms with Crippen molar-refractivity contribution in [3.05, 3.63) is 59.4 Å². The lowest BCUT2D eigenvalue weighted by Crippen LogP contribution is -2.60. The molecule has 0 aliphatic carbocycles. The van der Waals surface area contributed by atoms with E-state index in [1.54, 1.807) is 18.2 Å². The van der Waals surface area contributed by atoms with E-state index in [0.29, 0.717) is 0 Å². The molecule has 5 N–H and O–H groups in total. The number of methoxy groups -OCH3 is 1. The molecule has 172 valence electrons. The van der Waals surface area contributed by atoms with Crippen molar-refractivity contribution in [2.24, 2.45) is 0 Å². The van der Waals surface area contributed by atoms with Crippen molar-refractivity contribution in [2.75, 3.05) is 7.11 Å². The highest BCUT2D eigenvalue weighted by atomic mass is 16.6. The molecule has 0 radical (unpaired) electrons. The lowest BCUT2D eigenvalue weighted by molar-refractivity contribution is -0.163. The number of amides is 1. The van der Waals surface area contributed by atoms with Gasteiger partial charge in [0.1, 0.15) is 18.0 Å². The highest BCUT2D eigenvalue weighted by Crippen LogP contribution is 2.44. The summed E-state index contributed by atoms with van der Waals surface area (Å²) < 4.78 is 10.8. The van der Waals surface area contributed by atoms with Crippen molar-refractivity contribution in [3.8, 4) is 0 Å². The zero-order valence-electron chi connectivity index (χ0n) is 17.7.